The van der Waals surface area contributed by atoms with Gasteiger partial charge in [-0.3, -0.25) is 4.79 Å². The largest absolute Gasteiger partial charge is 0.323 e. The van der Waals surface area contributed by atoms with Crippen molar-refractivity contribution in [2.45, 2.75) is 20.8 Å². The van der Waals surface area contributed by atoms with Gasteiger partial charge in [-0.2, -0.15) is 5.10 Å². The highest BCUT2D eigenvalue weighted by Gasteiger charge is 2.08. The number of rotatable bonds is 2. The van der Waals surface area contributed by atoms with Gasteiger partial charge in [0.1, 0.15) is 5.71 Å². The highest BCUT2D eigenvalue weighted by Crippen LogP contribution is 2.10. The van der Waals surface area contributed by atoms with Crippen LogP contribution < -0.4 is 5.84 Å². The van der Waals surface area contributed by atoms with Crippen molar-refractivity contribution >= 4 is 23.1 Å². The van der Waals surface area contributed by atoms with Crippen molar-refractivity contribution < 1.29 is 4.79 Å². The van der Waals surface area contributed by atoms with Crippen LogP contribution >= 0.6 is 11.6 Å². The van der Waals surface area contributed by atoms with Crippen LogP contribution in [0.1, 0.15) is 31.1 Å². The lowest BCUT2D eigenvalue weighted by Crippen LogP contribution is -2.12. The quantitative estimate of drug-likeness (QED) is 0.365. The van der Waals surface area contributed by atoms with Crippen molar-refractivity contribution in [3.8, 4) is 0 Å². The lowest BCUT2D eigenvalue weighted by Gasteiger charge is -1.98. The van der Waals surface area contributed by atoms with Gasteiger partial charge in [-0.1, -0.05) is 25.4 Å². The molecule has 0 radical (unpaired) electrons. The third kappa shape index (κ3) is 4.13. The van der Waals surface area contributed by atoms with E-state index in [2.05, 4.69) is 5.10 Å². The second-order valence-electron chi connectivity index (χ2n) is 2.55. The molecule has 15 heavy (non-hydrogen) atoms. The summed E-state index contributed by atoms with van der Waals surface area (Å²) in [6.45, 7) is 5.57. The number of nitrogens with zero attached hydrogens (tertiary/aromatic N) is 1. The van der Waals surface area contributed by atoms with E-state index in [9.17, 15) is 4.79 Å². The summed E-state index contributed by atoms with van der Waals surface area (Å²) in [5, 5.41) is 3.92. The number of halogens is 1. The molecule has 0 aliphatic carbocycles. The van der Waals surface area contributed by atoms with Gasteiger partial charge in [0.2, 0.25) is 5.78 Å². The topological polar surface area (TPSA) is 55.4 Å². The van der Waals surface area contributed by atoms with Crippen molar-refractivity contribution in [2.24, 2.45) is 10.9 Å². The summed E-state index contributed by atoms with van der Waals surface area (Å²) in [5.74, 6) is 4.80. The molecule has 0 atom stereocenters. The minimum absolute atomic E-state index is 0.181. The van der Waals surface area contributed by atoms with Gasteiger partial charge in [-0.25, -0.2) is 0 Å². The van der Waals surface area contributed by atoms with E-state index in [-0.39, 0.29) is 11.5 Å². The molecule has 0 saturated carbocycles. The summed E-state index contributed by atoms with van der Waals surface area (Å²) < 4.78 is 0. The van der Waals surface area contributed by atoms with E-state index in [1.807, 2.05) is 13.8 Å². The first-order valence-corrected chi connectivity index (χ1v) is 5.07. The maximum Gasteiger partial charge on any atom is 0.208 e. The number of hydrogen-bond acceptors (Lipinski definition) is 3. The molecule has 0 unspecified atom stereocenters. The molecule has 1 aromatic carbocycles. The Balaban J connectivity index is 0.000000921. The Kier molecular flexibility index (Phi) is 6.38. The Morgan fingerprint density at radius 2 is 1.73 bits per heavy atom. The standard InChI is InChI=1S/C9H9ClN2O.C2H6/c1-6(12-11)9(13)7-2-4-8(10)5-3-7;1-2/h2-5H,11H2,1H3;1-2H3/b12-6-;. The van der Waals surface area contributed by atoms with E-state index in [4.69, 9.17) is 17.4 Å². The predicted octanol–water partition coefficient (Wildman–Crippen LogP) is 2.88. The van der Waals surface area contributed by atoms with Crippen LogP contribution in [0.15, 0.2) is 29.4 Å². The van der Waals surface area contributed by atoms with Gasteiger partial charge in [0.15, 0.2) is 0 Å². The summed E-state index contributed by atoms with van der Waals surface area (Å²) in [6.07, 6.45) is 0. The molecule has 3 nitrogen and oxygen atoms in total. The minimum Gasteiger partial charge on any atom is -0.323 e. The Hall–Kier alpha value is -1.35. The number of benzene rings is 1. The predicted molar refractivity (Wildman–Crippen MR) is 64.4 cm³/mol. The van der Waals surface area contributed by atoms with Crippen LogP contribution in [0.3, 0.4) is 0 Å². The fourth-order valence-corrected chi connectivity index (χ4v) is 0.995. The maximum atomic E-state index is 11.4. The number of carbonyl (C=O) groups is 1. The third-order valence-corrected chi connectivity index (χ3v) is 1.88. The molecule has 0 aromatic heterocycles. The van der Waals surface area contributed by atoms with Crippen molar-refractivity contribution in [2.75, 3.05) is 0 Å². The normalized spacial score (nSPS) is 10.3. The molecule has 4 heteroatoms. The molecule has 0 fully saturated rings. The van der Waals surface area contributed by atoms with Crippen LogP contribution in [-0.2, 0) is 0 Å². The summed E-state index contributed by atoms with van der Waals surface area (Å²) >= 11 is 5.66. The summed E-state index contributed by atoms with van der Waals surface area (Å²) in [5.41, 5.74) is 0.818. The lowest BCUT2D eigenvalue weighted by molar-refractivity contribution is 0.106. The summed E-state index contributed by atoms with van der Waals surface area (Å²) in [7, 11) is 0. The van der Waals surface area contributed by atoms with Crippen molar-refractivity contribution in [3.63, 3.8) is 0 Å². The van der Waals surface area contributed by atoms with Gasteiger partial charge in [0.05, 0.1) is 0 Å². The molecule has 0 bridgehead atoms. The lowest BCUT2D eigenvalue weighted by atomic mass is 10.1. The van der Waals surface area contributed by atoms with Gasteiger partial charge in [-0.15, -0.1) is 0 Å². The molecule has 1 aromatic rings. The molecule has 0 spiro atoms. The van der Waals surface area contributed by atoms with Crippen LogP contribution in [0.2, 0.25) is 5.02 Å². The number of carbonyl (C=O) groups excluding carboxylic acids is 1. The number of ketones is 1. The van der Waals surface area contributed by atoms with Crippen molar-refractivity contribution in [3.05, 3.63) is 34.9 Å². The Labute approximate surface area is 94.9 Å². The van der Waals surface area contributed by atoms with Gasteiger partial charge in [0, 0.05) is 10.6 Å². The number of hydrazone groups is 1. The molecular formula is C11H15ClN2O. The fourth-order valence-electron chi connectivity index (χ4n) is 0.869. The van der Waals surface area contributed by atoms with Crippen LogP contribution in [0.25, 0.3) is 0 Å². The Morgan fingerprint density at radius 3 is 2.13 bits per heavy atom. The SMILES string of the molecule is C/C(=N/N)C(=O)c1ccc(Cl)cc1.CC. The van der Waals surface area contributed by atoms with Crippen molar-refractivity contribution in [1.29, 1.82) is 0 Å². The van der Waals surface area contributed by atoms with Gasteiger partial charge in [0.25, 0.3) is 0 Å². The minimum atomic E-state index is -0.181. The molecule has 2 N–H and O–H groups in total. The molecule has 0 saturated heterocycles. The van der Waals surface area contributed by atoms with Crippen LogP contribution in [0.5, 0.6) is 0 Å². The van der Waals surface area contributed by atoms with E-state index < -0.39 is 0 Å². The fraction of sp³-hybridized carbons (Fsp3) is 0.273. The average Bonchev–Trinajstić information content (AvgIpc) is 2.31. The monoisotopic (exact) mass is 226 g/mol. The second kappa shape index (κ2) is 7.01. The summed E-state index contributed by atoms with van der Waals surface area (Å²) in [4.78, 5) is 11.4. The maximum absolute atomic E-state index is 11.4. The van der Waals surface area contributed by atoms with E-state index in [1.165, 1.54) is 0 Å². The highest BCUT2D eigenvalue weighted by atomic mass is 35.5. The Bertz CT molecular complexity index is 344. The first-order valence-electron chi connectivity index (χ1n) is 4.70. The van der Waals surface area contributed by atoms with E-state index in [1.54, 1.807) is 31.2 Å². The van der Waals surface area contributed by atoms with E-state index >= 15 is 0 Å². The first-order chi connectivity index (χ1) is 7.15. The van der Waals surface area contributed by atoms with Crippen LogP contribution in [-0.4, -0.2) is 11.5 Å². The van der Waals surface area contributed by atoms with Gasteiger partial charge < -0.3 is 5.84 Å². The molecule has 1 rings (SSSR count). The molecular weight excluding hydrogens is 212 g/mol. The van der Waals surface area contributed by atoms with Crippen molar-refractivity contribution in [1.82, 2.24) is 0 Å². The molecule has 0 heterocycles. The first kappa shape index (κ1) is 13.7. The van der Waals surface area contributed by atoms with E-state index in [0.717, 1.165) is 0 Å². The van der Waals surface area contributed by atoms with Gasteiger partial charge >= 0.3 is 0 Å². The number of nitrogens with two attached hydrogens (primary N) is 1. The number of hydrogen-bond donors (Lipinski definition) is 1. The number of Topliss-reactive ketones (excluding diaryl/α,β-unsaturated/α-hetero) is 1. The van der Waals surface area contributed by atoms with Crippen LogP contribution in [0, 0.1) is 0 Å². The van der Waals surface area contributed by atoms with E-state index in [0.29, 0.717) is 10.6 Å². The van der Waals surface area contributed by atoms with Gasteiger partial charge in [-0.05, 0) is 31.2 Å². The molecule has 0 aliphatic rings. The Morgan fingerprint density at radius 1 is 1.27 bits per heavy atom. The smallest absolute Gasteiger partial charge is 0.208 e. The zero-order valence-electron chi connectivity index (χ0n) is 9.12. The van der Waals surface area contributed by atoms with Crippen LogP contribution in [0.4, 0.5) is 0 Å². The molecule has 0 aliphatic heterocycles. The molecule has 0 amide bonds. The molecule has 82 valence electrons. The second-order valence-corrected chi connectivity index (χ2v) is 2.99. The highest BCUT2D eigenvalue weighted by molar-refractivity contribution is 6.45. The average molecular weight is 227 g/mol. The third-order valence-electron chi connectivity index (χ3n) is 1.63. The zero-order chi connectivity index (χ0) is 11.8. The zero-order valence-corrected chi connectivity index (χ0v) is 9.88. The summed E-state index contributed by atoms with van der Waals surface area (Å²) in [6, 6.07) is 6.58.